The Balaban J connectivity index is 1.64. The van der Waals surface area contributed by atoms with Crippen LogP contribution in [0, 0.1) is 11.3 Å². The summed E-state index contributed by atoms with van der Waals surface area (Å²) in [6.07, 6.45) is 3.46. The van der Waals surface area contributed by atoms with E-state index < -0.39 is 0 Å². The quantitative estimate of drug-likeness (QED) is 0.265. The molecule has 0 aliphatic carbocycles. The molecule has 1 N–H and O–H groups in total. The summed E-state index contributed by atoms with van der Waals surface area (Å²) in [5, 5.41) is 15.4. The van der Waals surface area contributed by atoms with Gasteiger partial charge in [-0.25, -0.2) is 20.0 Å². The van der Waals surface area contributed by atoms with Crippen molar-refractivity contribution < 1.29 is 14.3 Å². The van der Waals surface area contributed by atoms with Crippen LogP contribution in [0.15, 0.2) is 79.5 Å². The average molecular weight is 485 g/mol. The summed E-state index contributed by atoms with van der Waals surface area (Å²) in [5.41, 5.74) is 2.97. The van der Waals surface area contributed by atoms with Gasteiger partial charge in [-0.1, -0.05) is 36.4 Å². The lowest BCUT2D eigenvalue weighted by Crippen LogP contribution is -2.55. The van der Waals surface area contributed by atoms with Crippen molar-refractivity contribution in [2.24, 2.45) is 0 Å². The van der Waals surface area contributed by atoms with Crippen LogP contribution in [0.25, 0.3) is 11.3 Å². The summed E-state index contributed by atoms with van der Waals surface area (Å²) in [4.78, 5) is 21.6. The number of carbonyl (C=O) groups excluding carboxylic acids is 1. The molecular weight excluding hydrogens is 456 g/mol. The van der Waals surface area contributed by atoms with Gasteiger partial charge in [0.2, 0.25) is 5.95 Å². The highest BCUT2D eigenvalue weighted by Crippen LogP contribution is 2.29. The summed E-state index contributed by atoms with van der Waals surface area (Å²) in [7, 11) is 0. The molecule has 1 aliphatic heterocycles. The standard InChI is InChI=1S/C27H28N6O3/c1-2-17-35-19-24-20-36-18-16-32(24)33(23-6-4-3-5-7-23)27-30-14-12-25(31-27)21-8-10-22(11-9-21)26(34)29-15-13-28/h2-12,14,24H,1,15-20H2,(H,29,34). The maximum atomic E-state index is 12.1. The highest BCUT2D eigenvalue weighted by atomic mass is 16.5. The van der Waals surface area contributed by atoms with Crippen LogP contribution in [0.1, 0.15) is 10.4 Å². The number of para-hydroxylation sites is 1. The number of nitrogens with one attached hydrogen (secondary N) is 1. The highest BCUT2D eigenvalue weighted by Gasteiger charge is 2.31. The Bertz CT molecular complexity index is 1200. The first kappa shape index (κ1) is 25.0. The molecule has 1 aromatic heterocycles. The Kier molecular flexibility index (Phi) is 8.72. The molecular formula is C27H28N6O3. The second-order valence-electron chi connectivity index (χ2n) is 8.03. The molecule has 9 heteroatoms. The first-order valence-corrected chi connectivity index (χ1v) is 11.7. The minimum absolute atomic E-state index is 0.0302. The third kappa shape index (κ3) is 6.12. The molecule has 2 heterocycles. The number of ether oxygens (including phenoxy) is 2. The molecule has 9 nitrogen and oxygen atoms in total. The fourth-order valence-corrected chi connectivity index (χ4v) is 3.90. The molecule has 1 amide bonds. The van der Waals surface area contributed by atoms with Crippen molar-refractivity contribution in [3.8, 4) is 17.3 Å². The van der Waals surface area contributed by atoms with Gasteiger partial charge in [0, 0.05) is 23.9 Å². The van der Waals surface area contributed by atoms with Gasteiger partial charge in [-0.3, -0.25) is 4.79 Å². The monoisotopic (exact) mass is 484 g/mol. The average Bonchev–Trinajstić information content (AvgIpc) is 2.94. The van der Waals surface area contributed by atoms with E-state index in [1.165, 1.54) is 0 Å². The summed E-state index contributed by atoms with van der Waals surface area (Å²) in [6, 6.07) is 20.8. The Morgan fingerprint density at radius 3 is 2.81 bits per heavy atom. The lowest BCUT2D eigenvalue weighted by molar-refractivity contribution is -0.0400. The van der Waals surface area contributed by atoms with Crippen molar-refractivity contribution in [3.63, 3.8) is 0 Å². The lowest BCUT2D eigenvalue weighted by atomic mass is 10.1. The van der Waals surface area contributed by atoms with Gasteiger partial charge in [0.15, 0.2) is 0 Å². The van der Waals surface area contributed by atoms with Crippen molar-refractivity contribution >= 4 is 17.5 Å². The summed E-state index contributed by atoms with van der Waals surface area (Å²) < 4.78 is 11.5. The van der Waals surface area contributed by atoms with E-state index in [-0.39, 0.29) is 18.5 Å². The Morgan fingerprint density at radius 1 is 1.25 bits per heavy atom. The zero-order valence-corrected chi connectivity index (χ0v) is 19.9. The first-order valence-electron chi connectivity index (χ1n) is 11.7. The van der Waals surface area contributed by atoms with Crippen molar-refractivity contribution in [1.82, 2.24) is 20.3 Å². The number of amides is 1. The molecule has 0 saturated carbocycles. The van der Waals surface area contributed by atoms with Gasteiger partial charge in [-0.15, -0.1) is 6.58 Å². The SMILES string of the molecule is C=CCOCC1COCCN1N(c1ccccc1)c1nccc(-c2ccc(C(=O)NCC#N)cc2)n1. The fourth-order valence-electron chi connectivity index (χ4n) is 3.90. The molecule has 36 heavy (non-hydrogen) atoms. The molecule has 1 fully saturated rings. The van der Waals surface area contributed by atoms with Crippen LogP contribution in [-0.2, 0) is 9.47 Å². The zero-order chi connectivity index (χ0) is 25.2. The Labute approximate surface area is 210 Å². The summed E-state index contributed by atoms with van der Waals surface area (Å²) >= 11 is 0. The van der Waals surface area contributed by atoms with Gasteiger partial charge in [0.1, 0.15) is 6.54 Å². The second kappa shape index (κ2) is 12.6. The molecule has 0 spiro atoms. The van der Waals surface area contributed by atoms with E-state index in [0.29, 0.717) is 44.5 Å². The molecule has 1 aliphatic rings. The number of benzene rings is 2. The predicted octanol–water partition coefficient (Wildman–Crippen LogP) is 3.35. The molecule has 3 aromatic rings. The molecule has 1 atom stereocenters. The molecule has 4 rings (SSSR count). The third-order valence-electron chi connectivity index (χ3n) is 5.60. The smallest absolute Gasteiger partial charge is 0.252 e. The molecule has 1 unspecified atom stereocenters. The number of rotatable bonds is 10. The maximum Gasteiger partial charge on any atom is 0.252 e. The minimum atomic E-state index is -0.293. The minimum Gasteiger partial charge on any atom is -0.378 e. The molecule has 184 valence electrons. The summed E-state index contributed by atoms with van der Waals surface area (Å²) in [5.74, 6) is 0.226. The van der Waals surface area contributed by atoms with Crippen molar-refractivity contribution in [2.75, 3.05) is 44.5 Å². The zero-order valence-electron chi connectivity index (χ0n) is 19.9. The first-order chi connectivity index (χ1) is 17.7. The van der Waals surface area contributed by atoms with Crippen molar-refractivity contribution in [2.45, 2.75) is 6.04 Å². The van der Waals surface area contributed by atoms with E-state index in [2.05, 4.69) is 21.9 Å². The molecule has 0 bridgehead atoms. The Hall–Kier alpha value is -4.10. The van der Waals surface area contributed by atoms with Gasteiger partial charge in [0.25, 0.3) is 5.91 Å². The predicted molar refractivity (Wildman–Crippen MR) is 136 cm³/mol. The van der Waals surface area contributed by atoms with E-state index in [1.807, 2.05) is 59.6 Å². The van der Waals surface area contributed by atoms with Crippen LogP contribution in [0.2, 0.25) is 0 Å². The number of hydrazine groups is 1. The van der Waals surface area contributed by atoms with Gasteiger partial charge >= 0.3 is 0 Å². The normalized spacial score (nSPS) is 15.6. The van der Waals surface area contributed by atoms with E-state index in [0.717, 1.165) is 16.9 Å². The van der Waals surface area contributed by atoms with Gasteiger partial charge < -0.3 is 14.8 Å². The number of hydrogen-bond acceptors (Lipinski definition) is 8. The van der Waals surface area contributed by atoms with E-state index in [9.17, 15) is 4.79 Å². The van der Waals surface area contributed by atoms with E-state index in [1.54, 1.807) is 24.4 Å². The molecule has 0 radical (unpaired) electrons. The maximum absolute atomic E-state index is 12.1. The number of nitrogens with zero attached hydrogens (tertiary/aromatic N) is 5. The van der Waals surface area contributed by atoms with Crippen LogP contribution in [0.5, 0.6) is 0 Å². The van der Waals surface area contributed by atoms with Gasteiger partial charge in [-0.2, -0.15) is 5.26 Å². The van der Waals surface area contributed by atoms with Crippen LogP contribution in [-0.4, -0.2) is 66.4 Å². The van der Waals surface area contributed by atoms with Crippen molar-refractivity contribution in [3.05, 3.63) is 85.1 Å². The third-order valence-corrected chi connectivity index (χ3v) is 5.60. The van der Waals surface area contributed by atoms with Crippen molar-refractivity contribution in [1.29, 1.82) is 5.26 Å². The van der Waals surface area contributed by atoms with Crippen LogP contribution in [0.3, 0.4) is 0 Å². The summed E-state index contributed by atoms with van der Waals surface area (Å²) in [6.45, 7) is 6.38. The van der Waals surface area contributed by atoms with Crippen LogP contribution in [0.4, 0.5) is 11.6 Å². The molecule has 1 saturated heterocycles. The Morgan fingerprint density at radius 2 is 2.06 bits per heavy atom. The topological polar surface area (TPSA) is 104 Å². The number of aromatic nitrogens is 2. The van der Waals surface area contributed by atoms with E-state index in [4.69, 9.17) is 19.7 Å². The highest BCUT2D eigenvalue weighted by molar-refractivity contribution is 5.94. The number of morpholine rings is 1. The van der Waals surface area contributed by atoms with Gasteiger partial charge in [-0.05, 0) is 30.3 Å². The van der Waals surface area contributed by atoms with Crippen LogP contribution < -0.4 is 10.3 Å². The number of anilines is 2. The number of carbonyl (C=O) groups is 1. The lowest BCUT2D eigenvalue weighted by Gasteiger charge is -2.42. The van der Waals surface area contributed by atoms with Crippen LogP contribution >= 0.6 is 0 Å². The van der Waals surface area contributed by atoms with E-state index >= 15 is 0 Å². The number of nitriles is 1. The largest absolute Gasteiger partial charge is 0.378 e. The fraction of sp³-hybridized carbons (Fsp3) is 0.259. The molecule has 2 aromatic carbocycles. The second-order valence-corrected chi connectivity index (χ2v) is 8.03. The number of hydrogen-bond donors (Lipinski definition) is 1. The van der Waals surface area contributed by atoms with Gasteiger partial charge in [0.05, 0.1) is 49.9 Å².